The van der Waals surface area contributed by atoms with Gasteiger partial charge in [-0.25, -0.2) is 0 Å². The highest BCUT2D eigenvalue weighted by Crippen LogP contribution is 2.11. The molecule has 1 atom stereocenters. The van der Waals surface area contributed by atoms with Crippen molar-refractivity contribution in [1.29, 1.82) is 0 Å². The minimum Gasteiger partial charge on any atom is -0.355 e. The molecular weight excluding hydrogens is 256 g/mol. The van der Waals surface area contributed by atoms with Crippen LogP contribution in [0.5, 0.6) is 0 Å². The van der Waals surface area contributed by atoms with Gasteiger partial charge in [0.15, 0.2) is 0 Å². The Kier molecular flexibility index (Phi) is 7.54. The molecule has 6 nitrogen and oxygen atoms in total. The predicted octanol–water partition coefficient (Wildman–Crippen LogP) is -0.358. The molecule has 0 spiro atoms. The van der Waals surface area contributed by atoms with E-state index in [1.54, 1.807) is 0 Å². The molecule has 20 heavy (non-hydrogen) atoms. The monoisotopic (exact) mass is 284 g/mol. The molecule has 0 bridgehead atoms. The maximum Gasteiger partial charge on any atom is 0.234 e. The molecule has 1 aliphatic heterocycles. The van der Waals surface area contributed by atoms with Crippen LogP contribution in [0.2, 0.25) is 0 Å². The number of nitrogens with zero attached hydrogens (tertiary/aromatic N) is 2. The minimum absolute atomic E-state index is 0.0464. The number of likely N-dealkylation sites (N-methyl/N-ethyl adjacent to an activating group) is 1. The lowest BCUT2D eigenvalue weighted by Crippen LogP contribution is -2.52. The fourth-order valence-corrected chi connectivity index (χ4v) is 2.53. The topological polar surface area (TPSA) is 78.7 Å². The van der Waals surface area contributed by atoms with Crippen LogP contribution in [0.3, 0.4) is 0 Å². The van der Waals surface area contributed by atoms with E-state index in [0.717, 1.165) is 25.9 Å². The summed E-state index contributed by atoms with van der Waals surface area (Å²) in [6.45, 7) is 8.38. The van der Waals surface area contributed by atoms with Crippen molar-refractivity contribution in [2.45, 2.75) is 26.7 Å². The summed E-state index contributed by atoms with van der Waals surface area (Å²) in [5.41, 5.74) is 5.68. The van der Waals surface area contributed by atoms with E-state index in [9.17, 15) is 9.59 Å². The first kappa shape index (κ1) is 16.9. The molecule has 0 aromatic carbocycles. The van der Waals surface area contributed by atoms with E-state index in [4.69, 9.17) is 5.73 Å². The molecule has 1 rings (SSSR count). The Labute approximate surface area is 121 Å². The number of amides is 2. The van der Waals surface area contributed by atoms with Gasteiger partial charge in [0, 0.05) is 39.3 Å². The highest BCUT2D eigenvalue weighted by Gasteiger charge is 2.26. The summed E-state index contributed by atoms with van der Waals surface area (Å²) in [4.78, 5) is 27.8. The first-order chi connectivity index (χ1) is 9.62. The maximum atomic E-state index is 12.3. The van der Waals surface area contributed by atoms with E-state index in [1.165, 1.54) is 0 Å². The van der Waals surface area contributed by atoms with Gasteiger partial charge in [-0.2, -0.15) is 0 Å². The summed E-state index contributed by atoms with van der Waals surface area (Å²) in [6, 6.07) is 0. The lowest BCUT2D eigenvalue weighted by atomic mass is 10.0. The van der Waals surface area contributed by atoms with Gasteiger partial charge in [-0.3, -0.25) is 14.5 Å². The molecule has 1 unspecified atom stereocenters. The molecular formula is C14H28N4O2. The quantitative estimate of drug-likeness (QED) is 0.669. The summed E-state index contributed by atoms with van der Waals surface area (Å²) in [5.74, 6) is 0.181. The Bertz CT molecular complexity index is 314. The third kappa shape index (κ3) is 5.09. The highest BCUT2D eigenvalue weighted by molar-refractivity contribution is 5.79. The van der Waals surface area contributed by atoms with Crippen molar-refractivity contribution in [3.05, 3.63) is 0 Å². The first-order valence-corrected chi connectivity index (χ1v) is 7.60. The molecule has 0 saturated carbocycles. The first-order valence-electron chi connectivity index (χ1n) is 7.60. The van der Waals surface area contributed by atoms with Gasteiger partial charge < -0.3 is 16.0 Å². The number of carbonyl (C=O) groups is 2. The molecule has 116 valence electrons. The fraction of sp³-hybridized carbons (Fsp3) is 0.857. The van der Waals surface area contributed by atoms with Gasteiger partial charge >= 0.3 is 0 Å². The zero-order valence-corrected chi connectivity index (χ0v) is 12.7. The number of rotatable bonds is 7. The lowest BCUT2D eigenvalue weighted by Gasteiger charge is -2.36. The third-order valence-electron chi connectivity index (χ3n) is 3.70. The van der Waals surface area contributed by atoms with Gasteiger partial charge in [-0.1, -0.05) is 13.3 Å². The Morgan fingerprint density at radius 2 is 1.85 bits per heavy atom. The summed E-state index contributed by atoms with van der Waals surface area (Å²) in [7, 11) is 0. The normalized spacial score (nSPS) is 17.9. The molecule has 1 heterocycles. The smallest absolute Gasteiger partial charge is 0.234 e. The average Bonchev–Trinajstić information content (AvgIpc) is 2.45. The molecule has 3 N–H and O–H groups in total. The summed E-state index contributed by atoms with van der Waals surface area (Å²) < 4.78 is 0. The van der Waals surface area contributed by atoms with E-state index in [1.807, 2.05) is 11.8 Å². The molecule has 0 aromatic rings. The van der Waals surface area contributed by atoms with Gasteiger partial charge in [0.25, 0.3) is 0 Å². The fourth-order valence-electron chi connectivity index (χ4n) is 2.53. The number of piperazine rings is 1. The molecule has 1 saturated heterocycles. The number of hydrogen-bond acceptors (Lipinski definition) is 4. The van der Waals surface area contributed by atoms with Crippen molar-refractivity contribution in [3.63, 3.8) is 0 Å². The van der Waals surface area contributed by atoms with Crippen LogP contribution in [-0.2, 0) is 9.59 Å². The summed E-state index contributed by atoms with van der Waals surface area (Å²) in [5, 5.41) is 2.79. The molecule has 0 aromatic heterocycles. The van der Waals surface area contributed by atoms with Crippen LogP contribution in [0.1, 0.15) is 26.7 Å². The van der Waals surface area contributed by atoms with Gasteiger partial charge in [-0.05, 0) is 13.3 Å². The van der Waals surface area contributed by atoms with Crippen LogP contribution >= 0.6 is 0 Å². The molecule has 1 aliphatic rings. The van der Waals surface area contributed by atoms with Crippen molar-refractivity contribution in [2.75, 3.05) is 45.8 Å². The molecule has 2 amide bonds. The average molecular weight is 284 g/mol. The van der Waals surface area contributed by atoms with Crippen LogP contribution in [0.15, 0.2) is 0 Å². The zero-order valence-electron chi connectivity index (χ0n) is 12.7. The standard InChI is InChI=1S/C14H28N4O2/c1-3-5-12(10-15)14(20)18-8-6-17(7-9-18)11-13(19)16-4-2/h12H,3-11,15H2,1-2H3,(H,16,19). The second-order valence-electron chi connectivity index (χ2n) is 5.28. The van der Waals surface area contributed by atoms with Gasteiger partial charge in [0.1, 0.15) is 0 Å². The van der Waals surface area contributed by atoms with Gasteiger partial charge in [0.05, 0.1) is 12.5 Å². The SMILES string of the molecule is CCCC(CN)C(=O)N1CCN(CC(=O)NCC)CC1. The van der Waals surface area contributed by atoms with Crippen molar-refractivity contribution < 1.29 is 9.59 Å². The van der Waals surface area contributed by atoms with E-state index < -0.39 is 0 Å². The Morgan fingerprint density at radius 1 is 1.20 bits per heavy atom. The summed E-state index contributed by atoms with van der Waals surface area (Å²) >= 11 is 0. The van der Waals surface area contributed by atoms with Gasteiger partial charge in [0.2, 0.25) is 11.8 Å². The Balaban J connectivity index is 2.37. The number of nitrogens with one attached hydrogen (secondary N) is 1. The highest BCUT2D eigenvalue weighted by atomic mass is 16.2. The Hall–Kier alpha value is -1.14. The van der Waals surface area contributed by atoms with E-state index in [2.05, 4.69) is 17.1 Å². The largest absolute Gasteiger partial charge is 0.355 e. The van der Waals surface area contributed by atoms with Crippen LogP contribution in [0.4, 0.5) is 0 Å². The van der Waals surface area contributed by atoms with Crippen LogP contribution < -0.4 is 11.1 Å². The predicted molar refractivity (Wildman–Crippen MR) is 79.2 cm³/mol. The van der Waals surface area contributed by atoms with Crippen LogP contribution in [0.25, 0.3) is 0 Å². The number of hydrogen-bond donors (Lipinski definition) is 2. The van der Waals surface area contributed by atoms with Gasteiger partial charge in [-0.15, -0.1) is 0 Å². The van der Waals surface area contributed by atoms with E-state index >= 15 is 0 Å². The van der Waals surface area contributed by atoms with Crippen molar-refractivity contribution in [3.8, 4) is 0 Å². The second kappa shape index (κ2) is 8.92. The van der Waals surface area contributed by atoms with E-state index in [0.29, 0.717) is 32.7 Å². The molecule has 0 radical (unpaired) electrons. The second-order valence-corrected chi connectivity index (χ2v) is 5.28. The van der Waals surface area contributed by atoms with Crippen LogP contribution in [-0.4, -0.2) is 67.4 Å². The van der Waals surface area contributed by atoms with Crippen molar-refractivity contribution in [1.82, 2.24) is 15.1 Å². The van der Waals surface area contributed by atoms with Crippen molar-refractivity contribution in [2.24, 2.45) is 11.7 Å². The maximum absolute atomic E-state index is 12.3. The summed E-state index contributed by atoms with van der Waals surface area (Å²) in [6.07, 6.45) is 1.83. The van der Waals surface area contributed by atoms with E-state index in [-0.39, 0.29) is 17.7 Å². The molecule has 1 fully saturated rings. The van der Waals surface area contributed by atoms with Crippen LogP contribution in [0, 0.1) is 5.92 Å². The number of carbonyl (C=O) groups excluding carboxylic acids is 2. The minimum atomic E-state index is -0.0464. The lowest BCUT2D eigenvalue weighted by molar-refractivity contribution is -0.137. The zero-order chi connectivity index (χ0) is 15.0. The third-order valence-corrected chi connectivity index (χ3v) is 3.70. The van der Waals surface area contributed by atoms with Crippen molar-refractivity contribution >= 4 is 11.8 Å². The Morgan fingerprint density at radius 3 is 2.35 bits per heavy atom. The molecule has 6 heteroatoms. The molecule has 0 aliphatic carbocycles. The number of nitrogens with two attached hydrogens (primary N) is 1.